The molecule has 0 atom stereocenters. The predicted octanol–water partition coefficient (Wildman–Crippen LogP) is 1.92. The molecular formula is C18H16ClN3O4. The average Bonchev–Trinajstić information content (AvgIpc) is 2.80. The zero-order chi connectivity index (χ0) is 18.5. The molecule has 1 aliphatic heterocycles. The topological polar surface area (TPSA) is 87.7 Å². The summed E-state index contributed by atoms with van der Waals surface area (Å²) < 4.78 is 5.52. The minimum atomic E-state index is -0.530. The molecule has 0 aliphatic carbocycles. The summed E-state index contributed by atoms with van der Waals surface area (Å²) in [5, 5.41) is 0.506. The lowest BCUT2D eigenvalue weighted by molar-refractivity contribution is -0.124. The number of benzene rings is 2. The van der Waals surface area contributed by atoms with E-state index in [2.05, 4.69) is 10.9 Å². The number of amides is 3. The van der Waals surface area contributed by atoms with Gasteiger partial charge in [0.05, 0.1) is 18.7 Å². The van der Waals surface area contributed by atoms with Crippen molar-refractivity contribution in [2.45, 2.75) is 6.42 Å². The maximum atomic E-state index is 12.3. The van der Waals surface area contributed by atoms with Crippen LogP contribution in [0.15, 0.2) is 48.5 Å². The van der Waals surface area contributed by atoms with Gasteiger partial charge in [0, 0.05) is 10.6 Å². The third kappa shape index (κ3) is 4.12. The van der Waals surface area contributed by atoms with Crippen molar-refractivity contribution in [1.82, 2.24) is 10.9 Å². The van der Waals surface area contributed by atoms with E-state index in [-0.39, 0.29) is 25.5 Å². The maximum absolute atomic E-state index is 12.3. The molecule has 0 saturated carbocycles. The Balaban J connectivity index is 1.63. The lowest BCUT2D eigenvalue weighted by Gasteiger charge is -2.21. The Morgan fingerprint density at radius 3 is 2.58 bits per heavy atom. The standard InChI is InChI=1S/C18H16ClN3O4/c19-13-7-5-12(6-8-13)18(25)21-20-16(23)11-22-14-3-1-2-4-15(14)26-10-9-17(22)24/h1-8H,9-11H2,(H,20,23)(H,21,25). The number of nitrogens with one attached hydrogen (secondary N) is 2. The Morgan fingerprint density at radius 1 is 1.08 bits per heavy atom. The van der Waals surface area contributed by atoms with Crippen molar-refractivity contribution >= 4 is 35.0 Å². The fourth-order valence-electron chi connectivity index (χ4n) is 2.48. The summed E-state index contributed by atoms with van der Waals surface area (Å²) in [7, 11) is 0. The molecular weight excluding hydrogens is 358 g/mol. The number of carbonyl (C=O) groups excluding carboxylic acids is 3. The molecule has 0 fully saturated rings. The van der Waals surface area contributed by atoms with Gasteiger partial charge in [-0.1, -0.05) is 23.7 Å². The third-order valence-electron chi connectivity index (χ3n) is 3.75. The van der Waals surface area contributed by atoms with Gasteiger partial charge < -0.3 is 4.74 Å². The molecule has 2 aromatic carbocycles. The maximum Gasteiger partial charge on any atom is 0.269 e. The van der Waals surface area contributed by atoms with Gasteiger partial charge >= 0.3 is 0 Å². The monoisotopic (exact) mass is 373 g/mol. The van der Waals surface area contributed by atoms with Gasteiger partial charge in [-0.3, -0.25) is 30.1 Å². The molecule has 0 spiro atoms. The summed E-state index contributed by atoms with van der Waals surface area (Å²) in [6, 6.07) is 13.2. The third-order valence-corrected chi connectivity index (χ3v) is 4.01. The minimum absolute atomic E-state index is 0.166. The van der Waals surface area contributed by atoms with Crippen LogP contribution in [0.5, 0.6) is 5.75 Å². The summed E-state index contributed by atoms with van der Waals surface area (Å²) in [6.45, 7) is 0.0153. The second-order valence-electron chi connectivity index (χ2n) is 5.56. The molecule has 3 amide bonds. The molecule has 0 bridgehead atoms. The van der Waals surface area contributed by atoms with E-state index in [0.717, 1.165) is 0 Å². The van der Waals surface area contributed by atoms with Crippen molar-refractivity contribution < 1.29 is 19.1 Å². The summed E-state index contributed by atoms with van der Waals surface area (Å²) in [5.41, 5.74) is 5.49. The van der Waals surface area contributed by atoms with E-state index in [1.54, 1.807) is 36.4 Å². The van der Waals surface area contributed by atoms with Gasteiger partial charge in [-0.05, 0) is 36.4 Å². The van der Waals surface area contributed by atoms with Crippen LogP contribution in [0, 0.1) is 0 Å². The summed E-state index contributed by atoms with van der Waals surface area (Å²) in [5.74, 6) is -0.705. The highest BCUT2D eigenvalue weighted by molar-refractivity contribution is 6.30. The van der Waals surface area contributed by atoms with E-state index >= 15 is 0 Å². The molecule has 0 aromatic heterocycles. The first-order chi connectivity index (χ1) is 12.5. The van der Waals surface area contributed by atoms with Crippen LogP contribution < -0.4 is 20.5 Å². The Labute approximate surface area is 154 Å². The molecule has 2 aromatic rings. The second-order valence-corrected chi connectivity index (χ2v) is 5.99. The quantitative estimate of drug-likeness (QED) is 0.804. The molecule has 8 heteroatoms. The smallest absolute Gasteiger partial charge is 0.269 e. The fourth-order valence-corrected chi connectivity index (χ4v) is 2.60. The number of fused-ring (bicyclic) bond motifs is 1. The van der Waals surface area contributed by atoms with Crippen molar-refractivity contribution in [1.29, 1.82) is 0 Å². The van der Waals surface area contributed by atoms with Gasteiger partial charge in [-0.2, -0.15) is 0 Å². The number of nitrogens with zero attached hydrogens (tertiary/aromatic N) is 1. The van der Waals surface area contributed by atoms with E-state index in [4.69, 9.17) is 16.3 Å². The molecule has 0 unspecified atom stereocenters. The number of halogens is 1. The first-order valence-corrected chi connectivity index (χ1v) is 8.29. The van der Waals surface area contributed by atoms with Gasteiger partial charge in [-0.15, -0.1) is 0 Å². The number of hydrogen-bond acceptors (Lipinski definition) is 4. The lowest BCUT2D eigenvalue weighted by Crippen LogP contribution is -2.47. The normalized spacial score (nSPS) is 13.3. The van der Waals surface area contributed by atoms with E-state index < -0.39 is 11.8 Å². The van der Waals surface area contributed by atoms with Gasteiger partial charge in [0.2, 0.25) is 5.91 Å². The van der Waals surface area contributed by atoms with Crippen molar-refractivity contribution in [2.75, 3.05) is 18.1 Å². The van der Waals surface area contributed by atoms with Gasteiger partial charge in [0.1, 0.15) is 12.3 Å². The molecule has 7 nitrogen and oxygen atoms in total. The van der Waals surface area contributed by atoms with Crippen LogP contribution in [0.2, 0.25) is 5.02 Å². The Morgan fingerprint density at radius 2 is 1.81 bits per heavy atom. The fraction of sp³-hybridized carbons (Fsp3) is 0.167. The van der Waals surface area contributed by atoms with E-state index in [1.165, 1.54) is 17.0 Å². The van der Waals surface area contributed by atoms with Crippen molar-refractivity contribution in [3.05, 3.63) is 59.1 Å². The largest absolute Gasteiger partial charge is 0.491 e. The number of hydrogen-bond donors (Lipinski definition) is 2. The van der Waals surface area contributed by atoms with E-state index in [1.807, 2.05) is 0 Å². The van der Waals surface area contributed by atoms with Crippen molar-refractivity contribution in [2.24, 2.45) is 0 Å². The van der Waals surface area contributed by atoms with Crippen molar-refractivity contribution in [3.8, 4) is 5.75 Å². The lowest BCUT2D eigenvalue weighted by atomic mass is 10.2. The van der Waals surface area contributed by atoms with Crippen LogP contribution in [0.3, 0.4) is 0 Å². The number of hydrazine groups is 1. The van der Waals surface area contributed by atoms with Crippen LogP contribution in [0.1, 0.15) is 16.8 Å². The number of carbonyl (C=O) groups is 3. The average molecular weight is 374 g/mol. The van der Waals surface area contributed by atoms with E-state index in [9.17, 15) is 14.4 Å². The number of rotatable bonds is 3. The molecule has 0 saturated heterocycles. The molecule has 3 rings (SSSR count). The Hall–Kier alpha value is -3.06. The highest BCUT2D eigenvalue weighted by Crippen LogP contribution is 2.30. The van der Waals surface area contributed by atoms with Gasteiger partial charge in [-0.25, -0.2) is 0 Å². The molecule has 0 radical (unpaired) electrons. The number of ether oxygens (including phenoxy) is 1. The summed E-state index contributed by atoms with van der Waals surface area (Å²) in [6.07, 6.45) is 0.166. The second kappa shape index (κ2) is 7.88. The summed E-state index contributed by atoms with van der Waals surface area (Å²) in [4.78, 5) is 37.8. The van der Waals surface area contributed by atoms with Crippen molar-refractivity contribution in [3.63, 3.8) is 0 Å². The van der Waals surface area contributed by atoms with Gasteiger partial charge in [0.15, 0.2) is 0 Å². The number of anilines is 1. The van der Waals surface area contributed by atoms with Crippen LogP contribution in [-0.2, 0) is 9.59 Å². The Bertz CT molecular complexity index is 839. The van der Waals surface area contributed by atoms with Gasteiger partial charge in [0.25, 0.3) is 11.8 Å². The highest BCUT2D eigenvalue weighted by Gasteiger charge is 2.25. The molecule has 1 heterocycles. The zero-order valence-electron chi connectivity index (χ0n) is 13.7. The molecule has 134 valence electrons. The first-order valence-electron chi connectivity index (χ1n) is 7.91. The Kier molecular flexibility index (Phi) is 5.38. The molecule has 1 aliphatic rings. The zero-order valence-corrected chi connectivity index (χ0v) is 14.5. The van der Waals surface area contributed by atoms with E-state index in [0.29, 0.717) is 22.0 Å². The van der Waals surface area contributed by atoms with Crippen LogP contribution in [0.4, 0.5) is 5.69 Å². The summed E-state index contributed by atoms with van der Waals surface area (Å²) >= 11 is 5.77. The minimum Gasteiger partial charge on any atom is -0.491 e. The molecule has 2 N–H and O–H groups in total. The SMILES string of the molecule is O=C(CN1C(=O)CCOc2ccccc21)NNC(=O)c1ccc(Cl)cc1. The van der Waals surface area contributed by atoms with Crippen LogP contribution in [-0.4, -0.2) is 30.9 Å². The van der Waals surface area contributed by atoms with Crippen LogP contribution in [0.25, 0.3) is 0 Å². The first kappa shape index (κ1) is 17.8. The predicted molar refractivity (Wildman–Crippen MR) is 96.0 cm³/mol. The molecule has 26 heavy (non-hydrogen) atoms. The van der Waals surface area contributed by atoms with Crippen LogP contribution >= 0.6 is 11.6 Å². The number of para-hydroxylation sites is 2. The highest BCUT2D eigenvalue weighted by atomic mass is 35.5.